The Balaban J connectivity index is 1.82. The van der Waals surface area contributed by atoms with Crippen molar-refractivity contribution in [1.82, 2.24) is 4.98 Å². The summed E-state index contributed by atoms with van der Waals surface area (Å²) < 4.78 is 5.36. The van der Waals surface area contributed by atoms with Crippen LogP contribution >= 0.6 is 0 Å². The molecule has 4 nitrogen and oxygen atoms in total. The number of aromatic nitrogens is 1. The van der Waals surface area contributed by atoms with E-state index >= 15 is 0 Å². The number of nitrogens with zero attached hydrogens (tertiary/aromatic N) is 1. The van der Waals surface area contributed by atoms with Crippen LogP contribution in [0.4, 0.5) is 0 Å². The predicted molar refractivity (Wildman–Crippen MR) is 64.3 cm³/mol. The summed E-state index contributed by atoms with van der Waals surface area (Å²) in [6, 6.07) is 3.17. The average molecular weight is 234 g/mol. The van der Waals surface area contributed by atoms with Crippen LogP contribution in [0.1, 0.15) is 31.2 Å². The summed E-state index contributed by atoms with van der Waals surface area (Å²) in [6.07, 6.45) is 8.25. The van der Waals surface area contributed by atoms with Crippen molar-refractivity contribution in [2.75, 3.05) is 0 Å². The molecule has 2 rings (SSSR count). The molecule has 1 aromatic heterocycles. The van der Waals surface area contributed by atoms with Gasteiger partial charge in [-0.05, 0) is 43.7 Å². The molecule has 1 aliphatic rings. The lowest BCUT2D eigenvalue weighted by Crippen LogP contribution is -2.36. The maximum Gasteiger partial charge on any atom is 0.323 e. The molecule has 0 aliphatic heterocycles. The van der Waals surface area contributed by atoms with Gasteiger partial charge in [-0.3, -0.25) is 9.78 Å². The van der Waals surface area contributed by atoms with E-state index in [0.717, 1.165) is 31.2 Å². The second kappa shape index (κ2) is 5.77. The van der Waals surface area contributed by atoms with Crippen LogP contribution < -0.4 is 5.73 Å². The van der Waals surface area contributed by atoms with Gasteiger partial charge in [-0.25, -0.2) is 0 Å². The zero-order valence-corrected chi connectivity index (χ0v) is 9.84. The van der Waals surface area contributed by atoms with E-state index in [-0.39, 0.29) is 12.1 Å². The molecule has 0 radical (unpaired) electrons. The maximum absolute atomic E-state index is 11.7. The van der Waals surface area contributed by atoms with Crippen LogP contribution in [-0.2, 0) is 16.0 Å². The lowest BCUT2D eigenvalue weighted by atomic mass is 10.1. The second-order valence-electron chi connectivity index (χ2n) is 4.52. The number of hydrogen-bond acceptors (Lipinski definition) is 4. The fourth-order valence-electron chi connectivity index (χ4n) is 2.11. The van der Waals surface area contributed by atoms with Crippen LogP contribution in [0.15, 0.2) is 24.5 Å². The Bertz CT molecular complexity index is 361. The highest BCUT2D eigenvalue weighted by Gasteiger charge is 2.23. The van der Waals surface area contributed by atoms with E-state index in [1.165, 1.54) is 0 Å². The van der Waals surface area contributed by atoms with Gasteiger partial charge in [0.15, 0.2) is 0 Å². The number of carbonyl (C=O) groups is 1. The largest absolute Gasteiger partial charge is 0.461 e. The average Bonchev–Trinajstić information content (AvgIpc) is 2.83. The number of rotatable bonds is 4. The van der Waals surface area contributed by atoms with E-state index in [1.807, 2.05) is 12.1 Å². The molecule has 1 saturated carbocycles. The number of esters is 1. The molecule has 1 aliphatic carbocycles. The van der Waals surface area contributed by atoms with Gasteiger partial charge < -0.3 is 10.5 Å². The van der Waals surface area contributed by atoms with Gasteiger partial charge in [-0.15, -0.1) is 0 Å². The number of hydrogen-bond donors (Lipinski definition) is 1. The van der Waals surface area contributed by atoms with Gasteiger partial charge in [0.25, 0.3) is 0 Å². The third-order valence-corrected chi connectivity index (χ3v) is 3.07. The first kappa shape index (κ1) is 12.0. The Kier molecular flexibility index (Phi) is 4.09. The zero-order chi connectivity index (χ0) is 12.1. The SMILES string of the molecule is NC(Cc1cccnc1)C(=O)OC1CCCC1. The fourth-order valence-corrected chi connectivity index (χ4v) is 2.11. The summed E-state index contributed by atoms with van der Waals surface area (Å²) in [5.74, 6) is -0.291. The van der Waals surface area contributed by atoms with Crippen LogP contribution in [0, 0.1) is 0 Å². The van der Waals surface area contributed by atoms with Gasteiger partial charge in [0.05, 0.1) is 0 Å². The van der Waals surface area contributed by atoms with Crippen LogP contribution in [-0.4, -0.2) is 23.1 Å². The van der Waals surface area contributed by atoms with Gasteiger partial charge in [0, 0.05) is 12.4 Å². The van der Waals surface area contributed by atoms with Crippen molar-refractivity contribution < 1.29 is 9.53 Å². The molecule has 2 N–H and O–H groups in total. The highest BCUT2D eigenvalue weighted by atomic mass is 16.5. The van der Waals surface area contributed by atoms with Crippen molar-refractivity contribution in [1.29, 1.82) is 0 Å². The summed E-state index contributed by atoms with van der Waals surface area (Å²) >= 11 is 0. The highest BCUT2D eigenvalue weighted by molar-refractivity contribution is 5.76. The van der Waals surface area contributed by atoms with Crippen molar-refractivity contribution >= 4 is 5.97 Å². The molecule has 0 spiro atoms. The molecule has 0 aromatic carbocycles. The number of nitrogens with two attached hydrogens (primary N) is 1. The molecule has 92 valence electrons. The standard InChI is InChI=1S/C13H18N2O2/c14-12(8-10-4-3-7-15-9-10)13(16)17-11-5-1-2-6-11/h3-4,7,9,11-12H,1-2,5-6,8,14H2. The van der Waals surface area contributed by atoms with E-state index in [4.69, 9.17) is 10.5 Å². The second-order valence-corrected chi connectivity index (χ2v) is 4.52. The molecule has 0 amide bonds. The van der Waals surface area contributed by atoms with E-state index < -0.39 is 6.04 Å². The molecular weight excluding hydrogens is 216 g/mol. The molecule has 1 fully saturated rings. The van der Waals surface area contributed by atoms with E-state index in [9.17, 15) is 4.79 Å². The molecule has 1 unspecified atom stereocenters. The van der Waals surface area contributed by atoms with Gasteiger partial charge in [-0.2, -0.15) is 0 Å². The quantitative estimate of drug-likeness (QED) is 0.800. The summed E-state index contributed by atoms with van der Waals surface area (Å²) in [6.45, 7) is 0. The topological polar surface area (TPSA) is 65.2 Å². The van der Waals surface area contributed by atoms with Gasteiger partial charge in [-0.1, -0.05) is 6.07 Å². The zero-order valence-electron chi connectivity index (χ0n) is 9.84. The van der Waals surface area contributed by atoms with Crippen molar-refractivity contribution in [3.8, 4) is 0 Å². The minimum Gasteiger partial charge on any atom is -0.461 e. The first-order chi connectivity index (χ1) is 8.25. The molecule has 1 heterocycles. The van der Waals surface area contributed by atoms with Crippen molar-refractivity contribution in [3.63, 3.8) is 0 Å². The van der Waals surface area contributed by atoms with Gasteiger partial charge >= 0.3 is 5.97 Å². The van der Waals surface area contributed by atoms with E-state index in [0.29, 0.717) is 6.42 Å². The molecular formula is C13H18N2O2. The lowest BCUT2D eigenvalue weighted by Gasteiger charge is -2.15. The van der Waals surface area contributed by atoms with Gasteiger partial charge in [0.1, 0.15) is 12.1 Å². The van der Waals surface area contributed by atoms with E-state index in [2.05, 4.69) is 4.98 Å². The van der Waals surface area contributed by atoms with Crippen LogP contribution in [0.2, 0.25) is 0 Å². The van der Waals surface area contributed by atoms with Crippen LogP contribution in [0.25, 0.3) is 0 Å². The summed E-state index contributed by atoms with van der Waals surface area (Å²) in [7, 11) is 0. The van der Waals surface area contributed by atoms with Crippen LogP contribution in [0.5, 0.6) is 0 Å². The molecule has 1 atom stereocenters. The molecule has 17 heavy (non-hydrogen) atoms. The Morgan fingerprint density at radius 3 is 2.94 bits per heavy atom. The predicted octanol–water partition coefficient (Wildman–Crippen LogP) is 1.44. The third kappa shape index (κ3) is 3.53. The minimum atomic E-state index is -0.584. The number of carbonyl (C=O) groups excluding carboxylic acids is 1. The number of ether oxygens (including phenoxy) is 1. The molecule has 0 bridgehead atoms. The Hall–Kier alpha value is -1.42. The van der Waals surface area contributed by atoms with Crippen LogP contribution in [0.3, 0.4) is 0 Å². The first-order valence-electron chi connectivity index (χ1n) is 6.10. The normalized spacial score (nSPS) is 17.9. The summed E-state index contributed by atoms with van der Waals surface area (Å²) in [5, 5.41) is 0. The Morgan fingerprint density at radius 2 is 2.29 bits per heavy atom. The highest BCUT2D eigenvalue weighted by Crippen LogP contribution is 2.21. The molecule has 4 heteroatoms. The smallest absolute Gasteiger partial charge is 0.323 e. The third-order valence-electron chi connectivity index (χ3n) is 3.07. The molecule has 0 saturated heterocycles. The monoisotopic (exact) mass is 234 g/mol. The van der Waals surface area contributed by atoms with Crippen molar-refractivity contribution in [3.05, 3.63) is 30.1 Å². The first-order valence-corrected chi connectivity index (χ1v) is 6.10. The lowest BCUT2D eigenvalue weighted by molar-refractivity contribution is -0.150. The fraction of sp³-hybridized carbons (Fsp3) is 0.538. The van der Waals surface area contributed by atoms with E-state index in [1.54, 1.807) is 12.4 Å². The summed E-state index contributed by atoms with van der Waals surface area (Å²) in [5.41, 5.74) is 6.79. The van der Waals surface area contributed by atoms with Gasteiger partial charge in [0.2, 0.25) is 0 Å². The number of pyridine rings is 1. The van der Waals surface area contributed by atoms with Crippen molar-refractivity contribution in [2.45, 2.75) is 44.2 Å². The molecule has 1 aromatic rings. The summed E-state index contributed by atoms with van der Waals surface area (Å²) in [4.78, 5) is 15.7. The minimum absolute atomic E-state index is 0.0856. The van der Waals surface area contributed by atoms with Crippen molar-refractivity contribution in [2.24, 2.45) is 5.73 Å². The Morgan fingerprint density at radius 1 is 1.53 bits per heavy atom. The Labute approximate surface area is 101 Å². The maximum atomic E-state index is 11.7.